The van der Waals surface area contributed by atoms with Crippen molar-refractivity contribution in [2.75, 3.05) is 31.6 Å². The maximum absolute atomic E-state index is 12.6. The number of nitrogens with zero attached hydrogens (tertiary/aromatic N) is 1. The minimum Gasteiger partial charge on any atom is -0.462 e. The van der Waals surface area contributed by atoms with Gasteiger partial charge in [0, 0.05) is 4.88 Å². The molecule has 1 aliphatic rings. The van der Waals surface area contributed by atoms with Gasteiger partial charge in [0.05, 0.1) is 18.7 Å². The molecule has 0 unspecified atom stereocenters. The number of anilines is 1. The fraction of sp³-hybridized carbons (Fsp3) is 0.429. The SMILES string of the molecule is CCOC(=O)c1cc(-c2ccccc2)sc1NC(=O)CN1CCCCCC1. The van der Waals surface area contributed by atoms with Gasteiger partial charge in [-0.2, -0.15) is 0 Å². The highest BCUT2D eigenvalue weighted by molar-refractivity contribution is 7.20. The zero-order valence-corrected chi connectivity index (χ0v) is 16.5. The summed E-state index contributed by atoms with van der Waals surface area (Å²) in [5, 5.41) is 3.51. The molecule has 1 aromatic heterocycles. The van der Waals surface area contributed by atoms with E-state index in [1.54, 1.807) is 13.0 Å². The van der Waals surface area contributed by atoms with Crippen LogP contribution in [0.1, 0.15) is 43.0 Å². The summed E-state index contributed by atoms with van der Waals surface area (Å²) < 4.78 is 5.17. The van der Waals surface area contributed by atoms with Crippen molar-refractivity contribution >= 4 is 28.2 Å². The first-order chi connectivity index (χ1) is 13.2. The number of hydrogen-bond acceptors (Lipinski definition) is 5. The number of hydrogen-bond donors (Lipinski definition) is 1. The lowest BCUT2D eigenvalue weighted by Gasteiger charge is -2.18. The van der Waals surface area contributed by atoms with Crippen LogP contribution in [0.25, 0.3) is 10.4 Å². The fourth-order valence-electron chi connectivity index (χ4n) is 3.25. The Kier molecular flexibility index (Phi) is 7.01. The summed E-state index contributed by atoms with van der Waals surface area (Å²) in [5.41, 5.74) is 1.44. The molecule has 1 N–H and O–H groups in total. The Morgan fingerprint density at radius 3 is 2.48 bits per heavy atom. The molecular formula is C21H26N2O3S. The molecule has 3 rings (SSSR count). The number of thiophene rings is 1. The van der Waals surface area contributed by atoms with E-state index in [0.29, 0.717) is 23.7 Å². The van der Waals surface area contributed by atoms with Crippen LogP contribution in [0.2, 0.25) is 0 Å². The van der Waals surface area contributed by atoms with Crippen molar-refractivity contribution in [2.24, 2.45) is 0 Å². The molecule has 0 atom stereocenters. The van der Waals surface area contributed by atoms with Crippen molar-refractivity contribution in [2.45, 2.75) is 32.6 Å². The van der Waals surface area contributed by atoms with E-state index in [4.69, 9.17) is 4.74 Å². The van der Waals surface area contributed by atoms with E-state index >= 15 is 0 Å². The molecule has 2 heterocycles. The first-order valence-electron chi connectivity index (χ1n) is 9.56. The molecule has 1 aliphatic heterocycles. The predicted molar refractivity (Wildman–Crippen MR) is 109 cm³/mol. The first-order valence-corrected chi connectivity index (χ1v) is 10.4. The zero-order valence-electron chi connectivity index (χ0n) is 15.7. The standard InChI is InChI=1S/C21H26N2O3S/c1-2-26-21(25)17-14-18(16-10-6-5-7-11-16)27-20(17)22-19(24)15-23-12-8-3-4-9-13-23/h5-7,10-11,14H,2-4,8-9,12-13,15H2,1H3,(H,22,24). The highest BCUT2D eigenvalue weighted by Crippen LogP contribution is 2.36. The van der Waals surface area contributed by atoms with Gasteiger partial charge in [-0.05, 0) is 44.5 Å². The molecule has 27 heavy (non-hydrogen) atoms. The van der Waals surface area contributed by atoms with Gasteiger partial charge < -0.3 is 10.1 Å². The van der Waals surface area contributed by atoms with Gasteiger partial charge in [0.2, 0.25) is 5.91 Å². The number of carbonyl (C=O) groups is 2. The second kappa shape index (κ2) is 9.67. The molecule has 0 bridgehead atoms. The van der Waals surface area contributed by atoms with Gasteiger partial charge in [-0.1, -0.05) is 43.2 Å². The number of benzene rings is 1. The van der Waals surface area contributed by atoms with Crippen molar-refractivity contribution in [3.05, 3.63) is 42.0 Å². The largest absolute Gasteiger partial charge is 0.462 e. The van der Waals surface area contributed by atoms with Gasteiger partial charge in [-0.3, -0.25) is 9.69 Å². The van der Waals surface area contributed by atoms with E-state index in [1.807, 2.05) is 30.3 Å². The summed E-state index contributed by atoms with van der Waals surface area (Å²) in [5.74, 6) is -0.482. The third kappa shape index (κ3) is 5.40. The van der Waals surface area contributed by atoms with E-state index in [1.165, 1.54) is 24.2 Å². The molecule has 0 spiro atoms. The molecule has 1 aromatic carbocycles. The number of ether oxygens (including phenoxy) is 1. The van der Waals surface area contributed by atoms with Crippen LogP contribution in [0.15, 0.2) is 36.4 Å². The van der Waals surface area contributed by atoms with Crippen molar-refractivity contribution in [3.63, 3.8) is 0 Å². The quantitative estimate of drug-likeness (QED) is 0.747. The first kappa shape index (κ1) is 19.6. The summed E-state index contributed by atoms with van der Waals surface area (Å²) in [6.45, 7) is 4.35. The number of esters is 1. The number of carbonyl (C=O) groups excluding carboxylic acids is 2. The molecule has 2 aromatic rings. The third-order valence-corrected chi connectivity index (χ3v) is 5.70. The lowest BCUT2D eigenvalue weighted by molar-refractivity contribution is -0.117. The number of rotatable bonds is 6. The van der Waals surface area contributed by atoms with Crippen LogP contribution in [-0.2, 0) is 9.53 Å². The molecule has 5 nitrogen and oxygen atoms in total. The molecule has 0 saturated carbocycles. The summed E-state index contributed by atoms with van der Waals surface area (Å²) in [6.07, 6.45) is 4.74. The van der Waals surface area contributed by atoms with Crippen molar-refractivity contribution in [1.29, 1.82) is 0 Å². The second-order valence-electron chi connectivity index (χ2n) is 6.68. The third-order valence-electron chi connectivity index (χ3n) is 4.60. The van der Waals surface area contributed by atoms with Crippen LogP contribution in [0.3, 0.4) is 0 Å². The fourth-order valence-corrected chi connectivity index (χ4v) is 4.32. The van der Waals surface area contributed by atoms with Gasteiger partial charge >= 0.3 is 5.97 Å². The Balaban J connectivity index is 1.76. The Morgan fingerprint density at radius 1 is 1.11 bits per heavy atom. The van der Waals surface area contributed by atoms with Crippen molar-refractivity contribution in [1.82, 2.24) is 4.90 Å². The lowest BCUT2D eigenvalue weighted by atomic mass is 10.1. The maximum atomic E-state index is 12.6. The van der Waals surface area contributed by atoms with E-state index in [-0.39, 0.29) is 5.91 Å². The van der Waals surface area contributed by atoms with Crippen LogP contribution in [-0.4, -0.2) is 43.0 Å². The topological polar surface area (TPSA) is 58.6 Å². The summed E-state index contributed by atoms with van der Waals surface area (Å²) >= 11 is 1.41. The monoisotopic (exact) mass is 386 g/mol. The van der Waals surface area contributed by atoms with E-state index < -0.39 is 5.97 Å². The van der Waals surface area contributed by atoms with Crippen LogP contribution in [0.5, 0.6) is 0 Å². The normalized spacial score (nSPS) is 15.1. The van der Waals surface area contributed by atoms with Crippen LogP contribution >= 0.6 is 11.3 Å². The summed E-state index contributed by atoms with van der Waals surface area (Å²) in [7, 11) is 0. The highest BCUT2D eigenvalue weighted by atomic mass is 32.1. The lowest BCUT2D eigenvalue weighted by Crippen LogP contribution is -2.34. The smallest absolute Gasteiger partial charge is 0.341 e. The van der Waals surface area contributed by atoms with Gasteiger partial charge in [0.25, 0.3) is 0 Å². The molecule has 0 aliphatic carbocycles. The molecule has 0 radical (unpaired) electrons. The molecular weight excluding hydrogens is 360 g/mol. The van der Waals surface area contributed by atoms with Crippen molar-refractivity contribution in [3.8, 4) is 10.4 Å². The molecule has 1 amide bonds. The average molecular weight is 387 g/mol. The van der Waals surface area contributed by atoms with Crippen molar-refractivity contribution < 1.29 is 14.3 Å². The molecule has 144 valence electrons. The van der Waals surface area contributed by atoms with Gasteiger partial charge in [-0.25, -0.2) is 4.79 Å². The van der Waals surface area contributed by atoms with Gasteiger partial charge in [0.1, 0.15) is 5.00 Å². The van der Waals surface area contributed by atoms with Crippen LogP contribution < -0.4 is 5.32 Å². The summed E-state index contributed by atoms with van der Waals surface area (Å²) in [6, 6.07) is 11.6. The summed E-state index contributed by atoms with van der Waals surface area (Å²) in [4.78, 5) is 28.0. The number of nitrogens with one attached hydrogen (secondary N) is 1. The zero-order chi connectivity index (χ0) is 19.1. The Bertz CT molecular complexity index is 765. The van der Waals surface area contributed by atoms with Crippen LogP contribution in [0.4, 0.5) is 5.00 Å². The molecule has 1 saturated heterocycles. The molecule has 1 fully saturated rings. The molecule has 6 heteroatoms. The number of likely N-dealkylation sites (tertiary alicyclic amines) is 1. The van der Waals surface area contributed by atoms with E-state index in [9.17, 15) is 9.59 Å². The predicted octanol–water partition coefficient (Wildman–Crippen LogP) is 4.41. The highest BCUT2D eigenvalue weighted by Gasteiger charge is 2.21. The van der Waals surface area contributed by atoms with E-state index in [0.717, 1.165) is 36.4 Å². The second-order valence-corrected chi connectivity index (χ2v) is 7.73. The maximum Gasteiger partial charge on any atom is 0.341 e. The number of amides is 1. The Morgan fingerprint density at radius 2 is 1.81 bits per heavy atom. The minimum atomic E-state index is -0.402. The Labute approximate surface area is 164 Å². The average Bonchev–Trinajstić information content (AvgIpc) is 2.91. The van der Waals surface area contributed by atoms with Gasteiger partial charge in [0.15, 0.2) is 0 Å². The van der Waals surface area contributed by atoms with E-state index in [2.05, 4.69) is 10.2 Å². The minimum absolute atomic E-state index is 0.0797. The Hall–Kier alpha value is -2.18. The van der Waals surface area contributed by atoms with Gasteiger partial charge in [-0.15, -0.1) is 11.3 Å². The van der Waals surface area contributed by atoms with Crippen LogP contribution in [0, 0.1) is 0 Å².